The van der Waals surface area contributed by atoms with Gasteiger partial charge in [-0.1, -0.05) is 48.0 Å². The highest BCUT2D eigenvalue weighted by atomic mass is 16.2. The van der Waals surface area contributed by atoms with Crippen LogP contribution in [0.4, 0.5) is 0 Å². The van der Waals surface area contributed by atoms with E-state index in [0.29, 0.717) is 18.0 Å². The van der Waals surface area contributed by atoms with Crippen LogP contribution >= 0.6 is 0 Å². The molecule has 2 heterocycles. The second-order valence-corrected chi connectivity index (χ2v) is 8.82. The van der Waals surface area contributed by atoms with E-state index in [4.69, 9.17) is 0 Å². The summed E-state index contributed by atoms with van der Waals surface area (Å²) in [6.45, 7) is 4.45. The standard InChI is InChI=1S/C26H27N5O2/c1-17-8-11-22(18(2)14-17)31-25-21(15-28-31)24(20-9-10-20)29-30(26(25)33)16-23(32)27-13-12-19-6-4-3-5-7-19/h3-8,11,14-15,20H,9-10,12-13,16H2,1-2H3,(H,27,32). The fourth-order valence-corrected chi connectivity index (χ4v) is 4.27. The van der Waals surface area contributed by atoms with E-state index in [-0.39, 0.29) is 18.0 Å². The maximum Gasteiger partial charge on any atom is 0.293 e. The van der Waals surface area contributed by atoms with E-state index in [0.717, 1.165) is 52.7 Å². The molecular formula is C26H27N5O2. The Bertz CT molecular complexity index is 1380. The molecule has 0 radical (unpaired) electrons. The summed E-state index contributed by atoms with van der Waals surface area (Å²) >= 11 is 0. The van der Waals surface area contributed by atoms with Gasteiger partial charge < -0.3 is 5.32 Å². The molecule has 7 nitrogen and oxygen atoms in total. The molecule has 1 N–H and O–H groups in total. The smallest absolute Gasteiger partial charge is 0.293 e. The number of fused-ring (bicyclic) bond motifs is 1. The second kappa shape index (κ2) is 8.65. The maximum atomic E-state index is 13.4. The lowest BCUT2D eigenvalue weighted by Gasteiger charge is -2.12. The Morgan fingerprint density at radius 3 is 2.64 bits per heavy atom. The molecule has 2 aromatic carbocycles. The molecule has 2 aromatic heterocycles. The Balaban J connectivity index is 1.45. The van der Waals surface area contributed by atoms with Crippen LogP contribution in [0, 0.1) is 13.8 Å². The van der Waals surface area contributed by atoms with Gasteiger partial charge in [-0.05, 0) is 50.3 Å². The summed E-state index contributed by atoms with van der Waals surface area (Å²) in [5.41, 5.74) is 5.24. The minimum atomic E-state index is -0.301. The average Bonchev–Trinajstić information content (AvgIpc) is 3.55. The molecule has 0 atom stereocenters. The zero-order valence-corrected chi connectivity index (χ0v) is 18.9. The maximum absolute atomic E-state index is 13.4. The highest BCUT2D eigenvalue weighted by Crippen LogP contribution is 2.41. The van der Waals surface area contributed by atoms with Gasteiger partial charge in [0.1, 0.15) is 12.1 Å². The minimum absolute atomic E-state index is 0.110. The van der Waals surface area contributed by atoms with Crippen molar-refractivity contribution >= 4 is 16.8 Å². The number of aromatic nitrogens is 4. The first kappa shape index (κ1) is 21.1. The summed E-state index contributed by atoms with van der Waals surface area (Å²) in [4.78, 5) is 26.1. The molecule has 0 spiro atoms. The lowest BCUT2D eigenvalue weighted by molar-refractivity contribution is -0.121. The molecule has 168 valence electrons. The molecule has 0 bridgehead atoms. The van der Waals surface area contributed by atoms with Gasteiger partial charge in [-0.3, -0.25) is 9.59 Å². The van der Waals surface area contributed by atoms with Crippen molar-refractivity contribution in [1.82, 2.24) is 24.9 Å². The SMILES string of the molecule is Cc1ccc(-n2ncc3c(C4CC4)nn(CC(=O)NCCc4ccccc4)c(=O)c32)c(C)c1. The summed E-state index contributed by atoms with van der Waals surface area (Å²) in [5, 5.41) is 12.9. The van der Waals surface area contributed by atoms with Crippen molar-refractivity contribution in [3.8, 4) is 5.69 Å². The van der Waals surface area contributed by atoms with Crippen molar-refractivity contribution in [2.45, 2.75) is 45.6 Å². The summed E-state index contributed by atoms with van der Waals surface area (Å²) in [6, 6.07) is 16.1. The topological polar surface area (TPSA) is 81.8 Å². The third-order valence-corrected chi connectivity index (χ3v) is 6.13. The zero-order chi connectivity index (χ0) is 22.9. The first-order chi connectivity index (χ1) is 16.0. The van der Waals surface area contributed by atoms with E-state index in [1.165, 1.54) is 4.68 Å². The molecule has 0 unspecified atom stereocenters. The number of carbonyl (C=O) groups excluding carboxylic acids is 1. The molecular weight excluding hydrogens is 414 g/mol. The van der Waals surface area contributed by atoms with Crippen LogP contribution < -0.4 is 10.9 Å². The number of amides is 1. The molecule has 1 amide bonds. The molecule has 0 saturated heterocycles. The quantitative estimate of drug-likeness (QED) is 0.476. The van der Waals surface area contributed by atoms with E-state index in [1.54, 1.807) is 10.9 Å². The number of aryl methyl sites for hydroxylation is 2. The van der Waals surface area contributed by atoms with Crippen LogP contribution in [0.15, 0.2) is 59.5 Å². The number of nitrogens with zero attached hydrogens (tertiary/aromatic N) is 4. The molecule has 7 heteroatoms. The number of hydrogen-bond donors (Lipinski definition) is 1. The Morgan fingerprint density at radius 1 is 1.12 bits per heavy atom. The monoisotopic (exact) mass is 441 g/mol. The Morgan fingerprint density at radius 2 is 1.91 bits per heavy atom. The van der Waals surface area contributed by atoms with E-state index in [1.807, 2.05) is 56.3 Å². The molecule has 1 fully saturated rings. The summed E-state index contributed by atoms with van der Waals surface area (Å²) in [5.74, 6) is 0.0940. The second-order valence-electron chi connectivity index (χ2n) is 8.82. The normalized spacial score (nSPS) is 13.4. The van der Waals surface area contributed by atoms with Gasteiger partial charge in [-0.2, -0.15) is 10.2 Å². The molecule has 0 aliphatic heterocycles. The number of hydrogen-bond acceptors (Lipinski definition) is 4. The minimum Gasteiger partial charge on any atom is -0.354 e. The number of rotatable bonds is 7. The lowest BCUT2D eigenvalue weighted by atomic mass is 10.1. The van der Waals surface area contributed by atoms with Crippen molar-refractivity contribution in [3.63, 3.8) is 0 Å². The fraction of sp³-hybridized carbons (Fsp3) is 0.308. The van der Waals surface area contributed by atoms with E-state index in [2.05, 4.69) is 21.6 Å². The van der Waals surface area contributed by atoms with Crippen LogP contribution in [0.2, 0.25) is 0 Å². The first-order valence-corrected chi connectivity index (χ1v) is 11.4. The van der Waals surface area contributed by atoms with E-state index >= 15 is 0 Å². The molecule has 4 aromatic rings. The van der Waals surface area contributed by atoms with Gasteiger partial charge in [0.25, 0.3) is 5.56 Å². The van der Waals surface area contributed by atoms with Gasteiger partial charge in [-0.25, -0.2) is 9.36 Å². The number of carbonyl (C=O) groups is 1. The van der Waals surface area contributed by atoms with Gasteiger partial charge in [0.05, 0.1) is 17.6 Å². The van der Waals surface area contributed by atoms with Crippen LogP contribution in [-0.2, 0) is 17.8 Å². The van der Waals surface area contributed by atoms with Crippen molar-refractivity contribution in [2.75, 3.05) is 6.54 Å². The average molecular weight is 442 g/mol. The highest BCUT2D eigenvalue weighted by molar-refractivity contribution is 5.83. The first-order valence-electron chi connectivity index (χ1n) is 11.4. The van der Waals surface area contributed by atoms with Crippen molar-refractivity contribution in [1.29, 1.82) is 0 Å². The third-order valence-electron chi connectivity index (χ3n) is 6.13. The van der Waals surface area contributed by atoms with E-state index in [9.17, 15) is 9.59 Å². The van der Waals surface area contributed by atoms with Crippen LogP contribution in [-0.4, -0.2) is 32.0 Å². The molecule has 1 aliphatic carbocycles. The van der Waals surface area contributed by atoms with Gasteiger partial charge in [0, 0.05) is 17.8 Å². The van der Waals surface area contributed by atoms with Gasteiger partial charge >= 0.3 is 0 Å². The van der Waals surface area contributed by atoms with Crippen LogP contribution in [0.1, 0.15) is 41.1 Å². The lowest BCUT2D eigenvalue weighted by Crippen LogP contribution is -2.35. The van der Waals surface area contributed by atoms with Crippen molar-refractivity contribution in [2.24, 2.45) is 0 Å². The summed E-state index contributed by atoms with van der Waals surface area (Å²) < 4.78 is 3.00. The van der Waals surface area contributed by atoms with Crippen LogP contribution in [0.3, 0.4) is 0 Å². The van der Waals surface area contributed by atoms with E-state index < -0.39 is 0 Å². The van der Waals surface area contributed by atoms with Crippen molar-refractivity contribution < 1.29 is 4.79 Å². The third kappa shape index (κ3) is 4.31. The highest BCUT2D eigenvalue weighted by Gasteiger charge is 2.30. The Labute approximate surface area is 192 Å². The van der Waals surface area contributed by atoms with Crippen molar-refractivity contribution in [3.05, 3.63) is 87.5 Å². The molecule has 1 saturated carbocycles. The number of nitrogens with one attached hydrogen (secondary N) is 1. The molecule has 1 aliphatic rings. The largest absolute Gasteiger partial charge is 0.354 e. The van der Waals surface area contributed by atoms with Crippen LogP contribution in [0.25, 0.3) is 16.6 Å². The predicted octanol–water partition coefficient (Wildman–Crippen LogP) is 3.44. The Kier molecular flexibility index (Phi) is 5.54. The molecule has 5 rings (SSSR count). The number of benzene rings is 2. The van der Waals surface area contributed by atoms with Gasteiger partial charge in [0.2, 0.25) is 5.91 Å². The van der Waals surface area contributed by atoms with Crippen LogP contribution in [0.5, 0.6) is 0 Å². The van der Waals surface area contributed by atoms with Gasteiger partial charge in [0.15, 0.2) is 0 Å². The fourth-order valence-electron chi connectivity index (χ4n) is 4.27. The summed E-state index contributed by atoms with van der Waals surface area (Å²) in [6.07, 6.45) is 4.55. The Hall–Kier alpha value is -3.74. The predicted molar refractivity (Wildman–Crippen MR) is 128 cm³/mol. The summed E-state index contributed by atoms with van der Waals surface area (Å²) in [7, 11) is 0. The van der Waals surface area contributed by atoms with Gasteiger partial charge in [-0.15, -0.1) is 0 Å². The molecule has 33 heavy (non-hydrogen) atoms. The zero-order valence-electron chi connectivity index (χ0n) is 18.9.